The van der Waals surface area contributed by atoms with Crippen LogP contribution in [0.4, 0.5) is 10.1 Å². The molecule has 4 heteroatoms. The summed E-state index contributed by atoms with van der Waals surface area (Å²) in [6, 6.07) is 5.19. The van der Waals surface area contributed by atoms with Crippen LogP contribution in [-0.4, -0.2) is 18.1 Å². The van der Waals surface area contributed by atoms with E-state index in [1.165, 1.54) is 6.07 Å². The first kappa shape index (κ1) is 14.9. The van der Waals surface area contributed by atoms with Gasteiger partial charge in [-0.05, 0) is 37.5 Å². The van der Waals surface area contributed by atoms with E-state index in [0.29, 0.717) is 17.2 Å². The Morgan fingerprint density at radius 1 is 1.39 bits per heavy atom. The molecule has 0 aliphatic rings. The van der Waals surface area contributed by atoms with E-state index >= 15 is 0 Å². The lowest BCUT2D eigenvalue weighted by Gasteiger charge is -2.28. The summed E-state index contributed by atoms with van der Waals surface area (Å²) in [5, 5.41) is 0. The number of hydrogen-bond acceptors (Lipinski definition) is 2. The Kier molecular flexibility index (Phi) is 5.08. The van der Waals surface area contributed by atoms with Crippen LogP contribution >= 0.6 is 12.2 Å². The number of halogens is 1. The maximum absolute atomic E-state index is 14.0. The topological polar surface area (TPSA) is 29.3 Å². The van der Waals surface area contributed by atoms with E-state index in [0.717, 1.165) is 6.42 Å². The van der Waals surface area contributed by atoms with Gasteiger partial charge in [-0.2, -0.15) is 0 Å². The molecule has 0 saturated heterocycles. The lowest BCUT2D eigenvalue weighted by molar-refractivity contribution is 0.498. The Labute approximate surface area is 114 Å². The van der Waals surface area contributed by atoms with Crippen molar-refractivity contribution in [2.45, 2.75) is 33.2 Å². The number of benzene rings is 1. The van der Waals surface area contributed by atoms with Crippen molar-refractivity contribution in [3.05, 3.63) is 29.6 Å². The van der Waals surface area contributed by atoms with Crippen molar-refractivity contribution in [3.8, 4) is 0 Å². The summed E-state index contributed by atoms with van der Waals surface area (Å²) in [6.07, 6.45) is 1.02. The number of nitrogens with zero attached hydrogens (tertiary/aromatic N) is 1. The molecule has 0 radical (unpaired) electrons. The summed E-state index contributed by atoms with van der Waals surface area (Å²) >= 11 is 4.84. The van der Waals surface area contributed by atoms with Crippen molar-refractivity contribution in [1.29, 1.82) is 0 Å². The maximum Gasteiger partial charge on any atom is 0.147 e. The molecule has 0 bridgehead atoms. The zero-order valence-corrected chi connectivity index (χ0v) is 12.2. The lowest BCUT2D eigenvalue weighted by atomic mass is 10.0. The zero-order valence-electron chi connectivity index (χ0n) is 11.4. The molecule has 1 rings (SSSR count). The van der Waals surface area contributed by atoms with E-state index in [2.05, 4.69) is 20.8 Å². The molecule has 0 spiro atoms. The van der Waals surface area contributed by atoms with Gasteiger partial charge >= 0.3 is 0 Å². The van der Waals surface area contributed by atoms with Crippen LogP contribution in [0, 0.1) is 11.7 Å². The Morgan fingerprint density at radius 2 is 2.00 bits per heavy atom. The third-order valence-electron chi connectivity index (χ3n) is 3.09. The minimum Gasteiger partial charge on any atom is -0.389 e. The maximum atomic E-state index is 14.0. The molecule has 2 N–H and O–H groups in total. The summed E-state index contributed by atoms with van der Waals surface area (Å²) in [7, 11) is 1.91. The van der Waals surface area contributed by atoms with Crippen molar-refractivity contribution in [1.82, 2.24) is 0 Å². The Bertz CT molecular complexity index is 432. The molecular weight excluding hydrogens is 247 g/mol. The second-order valence-corrected chi connectivity index (χ2v) is 5.56. The molecule has 1 atom stereocenters. The Morgan fingerprint density at radius 3 is 2.44 bits per heavy atom. The van der Waals surface area contributed by atoms with Crippen LogP contribution in [0.1, 0.15) is 32.8 Å². The van der Waals surface area contributed by atoms with Gasteiger partial charge in [0.15, 0.2) is 0 Å². The van der Waals surface area contributed by atoms with E-state index in [-0.39, 0.29) is 16.8 Å². The van der Waals surface area contributed by atoms with Crippen molar-refractivity contribution < 1.29 is 4.39 Å². The van der Waals surface area contributed by atoms with Crippen molar-refractivity contribution in [3.63, 3.8) is 0 Å². The quantitative estimate of drug-likeness (QED) is 0.831. The van der Waals surface area contributed by atoms with Gasteiger partial charge in [0.25, 0.3) is 0 Å². The van der Waals surface area contributed by atoms with Crippen molar-refractivity contribution in [2.75, 3.05) is 11.9 Å². The fourth-order valence-corrected chi connectivity index (χ4v) is 2.15. The molecule has 2 nitrogen and oxygen atoms in total. The van der Waals surface area contributed by atoms with Crippen molar-refractivity contribution >= 4 is 22.9 Å². The first-order chi connectivity index (χ1) is 8.32. The van der Waals surface area contributed by atoms with Gasteiger partial charge in [0, 0.05) is 18.7 Å². The van der Waals surface area contributed by atoms with Gasteiger partial charge < -0.3 is 10.6 Å². The Hall–Kier alpha value is -1.16. The second kappa shape index (κ2) is 6.14. The highest BCUT2D eigenvalue weighted by atomic mass is 32.1. The normalized spacial score (nSPS) is 12.6. The molecule has 1 aromatic rings. The Balaban J connectivity index is 2.92. The van der Waals surface area contributed by atoms with Gasteiger partial charge in [-0.1, -0.05) is 26.1 Å². The number of thiocarbonyl (C=S) groups is 1. The van der Waals surface area contributed by atoms with Gasteiger partial charge in [0.05, 0.1) is 5.69 Å². The highest BCUT2D eigenvalue weighted by Gasteiger charge is 2.15. The molecule has 0 aromatic heterocycles. The summed E-state index contributed by atoms with van der Waals surface area (Å²) < 4.78 is 14.0. The predicted octanol–water partition coefficient (Wildman–Crippen LogP) is 3.33. The average molecular weight is 268 g/mol. The van der Waals surface area contributed by atoms with E-state index in [4.69, 9.17) is 18.0 Å². The van der Waals surface area contributed by atoms with Crippen LogP contribution in [0.3, 0.4) is 0 Å². The summed E-state index contributed by atoms with van der Waals surface area (Å²) in [5.41, 5.74) is 6.64. The number of hydrogen-bond donors (Lipinski definition) is 1. The van der Waals surface area contributed by atoms with Gasteiger partial charge in [-0.25, -0.2) is 4.39 Å². The first-order valence-electron chi connectivity index (χ1n) is 6.15. The standard InChI is InChI=1S/C14H21FN2S/c1-9(2)7-10(3)17(4)13-6-5-11(14(16)18)8-12(13)15/h5-6,8-10H,7H2,1-4H3,(H2,16,18). The molecule has 1 unspecified atom stereocenters. The average Bonchev–Trinajstić information content (AvgIpc) is 2.26. The third-order valence-corrected chi connectivity index (χ3v) is 3.32. The lowest BCUT2D eigenvalue weighted by Crippen LogP contribution is -2.30. The fraction of sp³-hybridized carbons (Fsp3) is 0.500. The highest BCUT2D eigenvalue weighted by Crippen LogP contribution is 2.23. The molecule has 1 aromatic carbocycles. The molecular formula is C14H21FN2S. The number of anilines is 1. The molecule has 0 aliphatic carbocycles. The summed E-state index contributed by atoms with van der Waals surface area (Å²) in [5.74, 6) is 0.305. The van der Waals surface area contributed by atoms with Crippen LogP contribution in [0.25, 0.3) is 0 Å². The number of nitrogens with two attached hydrogens (primary N) is 1. The monoisotopic (exact) mass is 268 g/mol. The molecule has 0 saturated carbocycles. The first-order valence-corrected chi connectivity index (χ1v) is 6.56. The smallest absolute Gasteiger partial charge is 0.147 e. The largest absolute Gasteiger partial charge is 0.389 e. The molecule has 18 heavy (non-hydrogen) atoms. The highest BCUT2D eigenvalue weighted by molar-refractivity contribution is 7.80. The predicted molar refractivity (Wildman–Crippen MR) is 79.6 cm³/mol. The zero-order chi connectivity index (χ0) is 13.9. The molecule has 0 fully saturated rings. The molecule has 100 valence electrons. The molecule has 0 amide bonds. The van der Waals surface area contributed by atoms with Crippen molar-refractivity contribution in [2.24, 2.45) is 11.7 Å². The van der Waals surface area contributed by atoms with E-state index in [1.54, 1.807) is 12.1 Å². The minimum absolute atomic E-state index is 0.221. The summed E-state index contributed by atoms with van der Waals surface area (Å²) in [6.45, 7) is 6.42. The molecule has 0 heterocycles. The fourth-order valence-electron chi connectivity index (χ4n) is 2.02. The van der Waals surface area contributed by atoms with Crippen LogP contribution in [0.15, 0.2) is 18.2 Å². The second-order valence-electron chi connectivity index (χ2n) is 5.12. The van der Waals surface area contributed by atoms with Crippen LogP contribution in [-0.2, 0) is 0 Å². The van der Waals surface area contributed by atoms with Gasteiger partial charge in [-0.15, -0.1) is 0 Å². The third kappa shape index (κ3) is 3.67. The summed E-state index contributed by atoms with van der Waals surface area (Å²) in [4.78, 5) is 2.18. The van der Waals surface area contributed by atoms with Crippen LogP contribution < -0.4 is 10.6 Å². The molecule has 0 aliphatic heterocycles. The van der Waals surface area contributed by atoms with Gasteiger partial charge in [0.2, 0.25) is 0 Å². The SMILES string of the molecule is CC(C)CC(C)N(C)c1ccc(C(N)=S)cc1F. The van der Waals surface area contributed by atoms with E-state index < -0.39 is 0 Å². The van der Waals surface area contributed by atoms with Gasteiger partial charge in [-0.3, -0.25) is 0 Å². The number of rotatable bonds is 5. The van der Waals surface area contributed by atoms with E-state index in [9.17, 15) is 4.39 Å². The van der Waals surface area contributed by atoms with Crippen LogP contribution in [0.2, 0.25) is 0 Å². The minimum atomic E-state index is -0.279. The van der Waals surface area contributed by atoms with Gasteiger partial charge in [0.1, 0.15) is 10.8 Å². The van der Waals surface area contributed by atoms with E-state index in [1.807, 2.05) is 11.9 Å². The van der Waals surface area contributed by atoms with Crippen LogP contribution in [0.5, 0.6) is 0 Å².